The van der Waals surface area contributed by atoms with Crippen molar-refractivity contribution in [2.24, 2.45) is 4.40 Å². The maximum absolute atomic E-state index is 12.7. The number of hydrogen-bond acceptors (Lipinski definition) is 5. The smallest absolute Gasteiger partial charge is 0.285 e. The molecule has 7 nitrogen and oxygen atoms in total. The number of carbonyl (C=O) groups is 1. The highest BCUT2D eigenvalue weighted by Gasteiger charge is 2.34. The Kier molecular flexibility index (Phi) is 5.88. The molecule has 1 saturated heterocycles. The van der Waals surface area contributed by atoms with Crippen LogP contribution < -0.4 is 0 Å². The normalized spacial score (nSPS) is 19.9. The van der Waals surface area contributed by atoms with Crippen molar-refractivity contribution in [3.8, 4) is 0 Å². The third-order valence-corrected chi connectivity index (χ3v) is 6.39. The van der Waals surface area contributed by atoms with E-state index in [2.05, 4.69) is 4.40 Å². The number of rotatable bonds is 3. The third-order valence-electron chi connectivity index (χ3n) is 4.66. The highest BCUT2D eigenvalue weighted by Crippen LogP contribution is 2.34. The summed E-state index contributed by atoms with van der Waals surface area (Å²) in [6.45, 7) is 4.10. The molecule has 3 rings (SSSR count). The van der Waals surface area contributed by atoms with E-state index in [0.29, 0.717) is 48.2 Å². The van der Waals surface area contributed by atoms with Gasteiger partial charge in [-0.1, -0.05) is 23.7 Å². The van der Waals surface area contributed by atoms with Crippen molar-refractivity contribution in [1.82, 2.24) is 9.80 Å². The number of amidine groups is 1. The molecule has 0 bridgehead atoms. The Bertz CT molecular complexity index is 894. The lowest BCUT2D eigenvalue weighted by atomic mass is 10.1. The van der Waals surface area contributed by atoms with Crippen LogP contribution in [0.15, 0.2) is 34.2 Å². The number of ether oxygens (including phenoxy) is 1. The van der Waals surface area contributed by atoms with Crippen LogP contribution in [-0.2, 0) is 19.6 Å². The maximum atomic E-state index is 12.7. The second-order valence-electron chi connectivity index (χ2n) is 6.51. The van der Waals surface area contributed by atoms with Gasteiger partial charge in [0.2, 0.25) is 5.91 Å². The zero-order valence-electron chi connectivity index (χ0n) is 15.3. The summed E-state index contributed by atoms with van der Waals surface area (Å²) in [6, 6.07) is 6.70. The molecule has 9 heteroatoms. The van der Waals surface area contributed by atoms with Crippen LogP contribution in [0.4, 0.5) is 0 Å². The molecule has 0 N–H and O–H groups in total. The highest BCUT2D eigenvalue weighted by molar-refractivity contribution is 8.00. The summed E-state index contributed by atoms with van der Waals surface area (Å²) in [7, 11) is -2.28. The summed E-state index contributed by atoms with van der Waals surface area (Å²) in [6.07, 6.45) is 0.734. The second-order valence-corrected chi connectivity index (χ2v) is 8.48. The number of methoxy groups -OCH3 is 1. The molecule has 1 aromatic carbocycles. The van der Waals surface area contributed by atoms with Gasteiger partial charge in [-0.3, -0.25) is 4.79 Å². The standard InChI is InChI=1S/C18H22ClN3O4S/c1-13-17(14-4-6-15(19)7-5-14)27(24,25)20-18(13)22-9-3-8-21(10-11-22)16(23)12-26-2/h4-7H,3,8-12H2,1-2H3. The van der Waals surface area contributed by atoms with Gasteiger partial charge in [-0.25, -0.2) is 0 Å². The Morgan fingerprint density at radius 3 is 2.56 bits per heavy atom. The number of amides is 1. The van der Waals surface area contributed by atoms with E-state index in [0.717, 1.165) is 6.42 Å². The first-order valence-corrected chi connectivity index (χ1v) is 10.5. The first-order valence-electron chi connectivity index (χ1n) is 8.67. The van der Waals surface area contributed by atoms with E-state index in [9.17, 15) is 13.2 Å². The number of halogens is 1. The van der Waals surface area contributed by atoms with Gasteiger partial charge in [-0.05, 0) is 31.0 Å². The second kappa shape index (κ2) is 8.00. The Labute approximate surface area is 164 Å². The Morgan fingerprint density at radius 1 is 1.19 bits per heavy atom. The fraction of sp³-hybridized carbons (Fsp3) is 0.444. The average molecular weight is 412 g/mol. The van der Waals surface area contributed by atoms with Gasteiger partial charge >= 0.3 is 0 Å². The molecule has 27 heavy (non-hydrogen) atoms. The number of sulfonamides is 1. The molecule has 0 aromatic heterocycles. The third kappa shape index (κ3) is 4.17. The average Bonchev–Trinajstić information content (AvgIpc) is 2.79. The van der Waals surface area contributed by atoms with E-state index >= 15 is 0 Å². The van der Waals surface area contributed by atoms with Crippen LogP contribution in [0.1, 0.15) is 18.9 Å². The molecule has 0 aliphatic carbocycles. The molecular formula is C18H22ClN3O4S. The van der Waals surface area contributed by atoms with Crippen LogP contribution >= 0.6 is 11.6 Å². The fourth-order valence-corrected chi connectivity index (χ4v) is 4.99. The van der Waals surface area contributed by atoms with E-state index in [1.165, 1.54) is 7.11 Å². The lowest BCUT2D eigenvalue weighted by Crippen LogP contribution is -2.38. The van der Waals surface area contributed by atoms with Gasteiger partial charge in [-0.15, -0.1) is 4.40 Å². The van der Waals surface area contributed by atoms with E-state index in [4.69, 9.17) is 16.3 Å². The molecule has 0 saturated carbocycles. The van der Waals surface area contributed by atoms with Crippen molar-refractivity contribution in [2.45, 2.75) is 13.3 Å². The summed E-state index contributed by atoms with van der Waals surface area (Å²) < 4.78 is 34.3. The van der Waals surface area contributed by atoms with Gasteiger partial charge in [0, 0.05) is 43.9 Å². The van der Waals surface area contributed by atoms with Crippen LogP contribution in [0, 0.1) is 0 Å². The quantitative estimate of drug-likeness (QED) is 0.760. The van der Waals surface area contributed by atoms with Gasteiger partial charge in [0.15, 0.2) is 0 Å². The summed E-state index contributed by atoms with van der Waals surface area (Å²) in [5, 5.41) is 0.543. The monoisotopic (exact) mass is 411 g/mol. The maximum Gasteiger partial charge on any atom is 0.285 e. The molecule has 0 atom stereocenters. The molecule has 0 spiro atoms. The Hall–Kier alpha value is -1.90. The number of carbonyl (C=O) groups excluding carboxylic acids is 1. The Morgan fingerprint density at radius 2 is 1.89 bits per heavy atom. The highest BCUT2D eigenvalue weighted by atomic mass is 35.5. The van der Waals surface area contributed by atoms with Crippen LogP contribution in [0.25, 0.3) is 4.91 Å². The molecule has 0 radical (unpaired) electrons. The van der Waals surface area contributed by atoms with Gasteiger partial charge in [0.1, 0.15) is 17.3 Å². The van der Waals surface area contributed by atoms with Crippen LogP contribution in [0.3, 0.4) is 0 Å². The lowest BCUT2D eigenvalue weighted by molar-refractivity contribution is -0.134. The summed E-state index contributed by atoms with van der Waals surface area (Å²) >= 11 is 5.91. The minimum Gasteiger partial charge on any atom is -0.375 e. The van der Waals surface area contributed by atoms with Crippen LogP contribution in [-0.4, -0.2) is 69.9 Å². The van der Waals surface area contributed by atoms with Gasteiger partial charge in [0.25, 0.3) is 10.0 Å². The predicted molar refractivity (Wildman–Crippen MR) is 105 cm³/mol. The van der Waals surface area contributed by atoms with Crippen molar-refractivity contribution in [3.63, 3.8) is 0 Å². The lowest BCUT2D eigenvalue weighted by Gasteiger charge is -2.23. The zero-order valence-corrected chi connectivity index (χ0v) is 16.9. The van der Waals surface area contributed by atoms with Crippen molar-refractivity contribution < 1.29 is 17.9 Å². The van der Waals surface area contributed by atoms with E-state index in [-0.39, 0.29) is 17.4 Å². The molecular weight excluding hydrogens is 390 g/mol. The SMILES string of the molecule is COCC(=O)N1CCCN(C2=NS(=O)(=O)C(c3ccc(Cl)cc3)=C2C)CC1. The number of nitrogens with zero attached hydrogens (tertiary/aromatic N) is 3. The molecule has 2 heterocycles. The van der Waals surface area contributed by atoms with Gasteiger partial charge in [0.05, 0.1) is 0 Å². The molecule has 146 valence electrons. The number of hydrogen-bond donors (Lipinski definition) is 0. The predicted octanol–water partition coefficient (Wildman–Crippen LogP) is 1.99. The van der Waals surface area contributed by atoms with Crippen LogP contribution in [0.5, 0.6) is 0 Å². The van der Waals surface area contributed by atoms with Crippen LogP contribution in [0.2, 0.25) is 5.02 Å². The fourth-order valence-electron chi connectivity index (χ4n) is 3.38. The summed E-state index contributed by atoms with van der Waals surface area (Å²) in [5.74, 6) is 0.399. The van der Waals surface area contributed by atoms with E-state index < -0.39 is 10.0 Å². The molecule has 1 amide bonds. The summed E-state index contributed by atoms with van der Waals surface area (Å²) in [4.78, 5) is 15.9. The Balaban J connectivity index is 1.84. The summed E-state index contributed by atoms with van der Waals surface area (Å²) in [5.41, 5.74) is 1.19. The van der Waals surface area contributed by atoms with Gasteiger partial charge < -0.3 is 14.5 Å². The minimum absolute atomic E-state index is 0.0506. The largest absolute Gasteiger partial charge is 0.375 e. The molecule has 1 aromatic rings. The first kappa shape index (κ1) is 19.9. The molecule has 0 unspecified atom stereocenters. The van der Waals surface area contributed by atoms with Crippen molar-refractivity contribution >= 4 is 38.3 Å². The molecule has 2 aliphatic rings. The first-order chi connectivity index (χ1) is 12.8. The van der Waals surface area contributed by atoms with Gasteiger partial charge in [-0.2, -0.15) is 8.42 Å². The zero-order chi connectivity index (χ0) is 19.6. The molecule has 2 aliphatic heterocycles. The topological polar surface area (TPSA) is 79.3 Å². The van der Waals surface area contributed by atoms with Crippen molar-refractivity contribution in [3.05, 3.63) is 40.4 Å². The number of benzene rings is 1. The van der Waals surface area contributed by atoms with Crippen molar-refractivity contribution in [1.29, 1.82) is 0 Å². The van der Waals surface area contributed by atoms with Crippen molar-refractivity contribution in [2.75, 3.05) is 39.9 Å². The van der Waals surface area contributed by atoms with E-state index in [1.54, 1.807) is 36.1 Å². The van der Waals surface area contributed by atoms with E-state index in [1.807, 2.05) is 4.90 Å². The minimum atomic E-state index is -3.77. The molecule has 1 fully saturated rings.